The second kappa shape index (κ2) is 15.0. The van der Waals surface area contributed by atoms with Crippen LogP contribution >= 0.6 is 0 Å². The highest BCUT2D eigenvalue weighted by Crippen LogP contribution is 2.35. The van der Waals surface area contributed by atoms with E-state index in [1.54, 1.807) is 42.1 Å². The van der Waals surface area contributed by atoms with Crippen molar-refractivity contribution in [1.29, 1.82) is 0 Å². The first kappa shape index (κ1) is 35.1. The van der Waals surface area contributed by atoms with Crippen LogP contribution in [-0.4, -0.2) is 93.1 Å². The molecule has 2 aliphatic rings. The summed E-state index contributed by atoms with van der Waals surface area (Å²) < 4.78 is 24.8. The lowest BCUT2D eigenvalue weighted by atomic mass is 10.0. The number of aromatic amines is 2. The summed E-state index contributed by atoms with van der Waals surface area (Å²) in [6.45, 7) is 4.32. The van der Waals surface area contributed by atoms with Gasteiger partial charge in [0.05, 0.1) is 50.1 Å². The van der Waals surface area contributed by atoms with Gasteiger partial charge in [-0.15, -0.1) is 0 Å². The maximum Gasteiger partial charge on any atom is 0.407 e. The van der Waals surface area contributed by atoms with Gasteiger partial charge >= 0.3 is 12.2 Å². The quantitative estimate of drug-likeness (QED) is 0.187. The second-order valence-electron chi connectivity index (χ2n) is 12.7. The second-order valence-corrected chi connectivity index (χ2v) is 12.7. The van der Waals surface area contributed by atoms with E-state index in [0.29, 0.717) is 48.0 Å². The van der Waals surface area contributed by atoms with E-state index < -0.39 is 30.1 Å². The summed E-state index contributed by atoms with van der Waals surface area (Å²) in [5.74, 6) is 0.349. The van der Waals surface area contributed by atoms with E-state index >= 15 is 4.39 Å². The molecule has 14 nitrogen and oxygen atoms in total. The largest absolute Gasteiger partial charge is 0.453 e. The molecule has 0 unspecified atom stereocenters. The number of H-pyrrole nitrogens is 2. The zero-order valence-corrected chi connectivity index (χ0v) is 28.9. The predicted molar refractivity (Wildman–Crippen MR) is 184 cm³/mol. The van der Waals surface area contributed by atoms with Crippen LogP contribution in [0.4, 0.5) is 14.0 Å². The first-order valence-corrected chi connectivity index (χ1v) is 16.9. The van der Waals surface area contributed by atoms with E-state index in [9.17, 15) is 19.2 Å². The molecule has 4 aromatic rings. The molecule has 6 rings (SSSR count). The number of carbonyl (C=O) groups is 4. The fourth-order valence-electron chi connectivity index (χ4n) is 6.77. The Hall–Kier alpha value is -5.73. The SMILES string of the molecule is COC(=O)N[C@@H](C)C(=O)N1CCC[C@H]1c1ncc(-c2ccc(-c3ccc(-c4cnc([C@@H]5CCCN5C(=O)[C@H](C)NC(=O)OC)[nH]4)c(F)c3)cc2)[nH]1. The lowest BCUT2D eigenvalue weighted by molar-refractivity contribution is -0.134. The van der Waals surface area contributed by atoms with Crippen molar-refractivity contribution in [2.75, 3.05) is 27.3 Å². The predicted octanol–water partition coefficient (Wildman–Crippen LogP) is 5.09. The van der Waals surface area contributed by atoms with Gasteiger partial charge in [0.15, 0.2) is 0 Å². The van der Waals surface area contributed by atoms with Crippen LogP contribution in [0, 0.1) is 5.82 Å². The number of alkyl carbamates (subject to hydrolysis) is 2. The van der Waals surface area contributed by atoms with Crippen molar-refractivity contribution < 1.29 is 33.0 Å². The fraction of sp³-hybridized carbons (Fsp3) is 0.389. The molecule has 2 aromatic heterocycles. The summed E-state index contributed by atoms with van der Waals surface area (Å²) in [6, 6.07) is 10.6. The third-order valence-electron chi connectivity index (χ3n) is 9.46. The van der Waals surface area contributed by atoms with Crippen LogP contribution in [0.2, 0.25) is 0 Å². The van der Waals surface area contributed by atoms with Gasteiger partial charge in [-0.3, -0.25) is 9.59 Å². The minimum Gasteiger partial charge on any atom is -0.453 e. The normalized spacial score (nSPS) is 18.3. The van der Waals surface area contributed by atoms with Crippen LogP contribution in [0.25, 0.3) is 33.6 Å². The van der Waals surface area contributed by atoms with Crippen molar-refractivity contribution in [3.8, 4) is 33.6 Å². The monoisotopic (exact) mass is 700 g/mol. The molecular weight excluding hydrogens is 659 g/mol. The molecule has 0 aliphatic carbocycles. The molecule has 0 radical (unpaired) electrons. The average Bonchev–Trinajstić information content (AvgIpc) is 3.97. The minimum atomic E-state index is -0.767. The number of nitrogens with zero attached hydrogens (tertiary/aromatic N) is 4. The number of hydrogen-bond donors (Lipinski definition) is 4. The Morgan fingerprint density at radius 2 is 1.22 bits per heavy atom. The first-order valence-electron chi connectivity index (χ1n) is 16.9. The molecule has 2 aromatic carbocycles. The van der Waals surface area contributed by atoms with Crippen molar-refractivity contribution in [1.82, 2.24) is 40.4 Å². The van der Waals surface area contributed by atoms with Gasteiger partial charge in [-0.1, -0.05) is 30.3 Å². The summed E-state index contributed by atoms with van der Waals surface area (Å²) >= 11 is 0. The van der Waals surface area contributed by atoms with Crippen molar-refractivity contribution >= 4 is 24.0 Å². The Morgan fingerprint density at radius 1 is 0.745 bits per heavy atom. The Labute approximate surface area is 294 Å². The van der Waals surface area contributed by atoms with Crippen LogP contribution in [0.1, 0.15) is 63.3 Å². The van der Waals surface area contributed by atoms with Gasteiger partial charge < -0.3 is 39.9 Å². The Balaban J connectivity index is 1.12. The van der Waals surface area contributed by atoms with Gasteiger partial charge in [0, 0.05) is 18.7 Å². The molecule has 51 heavy (non-hydrogen) atoms. The smallest absolute Gasteiger partial charge is 0.407 e. The van der Waals surface area contributed by atoms with Gasteiger partial charge in [0.1, 0.15) is 29.5 Å². The minimum absolute atomic E-state index is 0.204. The third kappa shape index (κ3) is 7.42. The number of benzene rings is 2. The van der Waals surface area contributed by atoms with E-state index in [0.717, 1.165) is 36.1 Å². The lowest BCUT2D eigenvalue weighted by Gasteiger charge is -2.26. The summed E-state index contributed by atoms with van der Waals surface area (Å²) in [4.78, 5) is 68.4. The van der Waals surface area contributed by atoms with Gasteiger partial charge in [0.2, 0.25) is 11.8 Å². The third-order valence-corrected chi connectivity index (χ3v) is 9.46. The molecule has 268 valence electrons. The number of amides is 4. The van der Waals surface area contributed by atoms with Crippen molar-refractivity contribution in [3.63, 3.8) is 0 Å². The number of imidazole rings is 2. The summed E-state index contributed by atoms with van der Waals surface area (Å²) in [7, 11) is 2.49. The summed E-state index contributed by atoms with van der Waals surface area (Å²) in [6.07, 6.45) is 4.99. The molecule has 15 heteroatoms. The van der Waals surface area contributed by atoms with Crippen molar-refractivity contribution in [2.45, 2.75) is 63.7 Å². The van der Waals surface area contributed by atoms with Gasteiger partial charge in [-0.05, 0) is 68.4 Å². The zero-order chi connectivity index (χ0) is 36.2. The van der Waals surface area contributed by atoms with Crippen LogP contribution in [-0.2, 0) is 19.1 Å². The standard InChI is InChI=1S/C36H41FN8O6/c1-20(40-35(48)50-3)33(46)44-15-5-7-29(44)31-38-18-27(42-31)23-11-9-22(10-12-23)24-13-14-25(26(37)17-24)28-19-39-32(43-28)30-8-6-16-45(30)34(47)21(2)41-36(49)51-4/h9-14,17-21,29-30H,5-8,15-16H2,1-4H3,(H,38,42)(H,39,43)(H,40,48)(H,41,49)/t20-,21-,29-,30-/m0/s1. The molecule has 2 fully saturated rings. The molecule has 0 bridgehead atoms. The van der Waals surface area contributed by atoms with E-state index in [-0.39, 0.29) is 23.9 Å². The maximum atomic E-state index is 15.6. The molecular formula is C36H41FN8O6. The molecule has 4 heterocycles. The molecule has 0 spiro atoms. The lowest BCUT2D eigenvalue weighted by Crippen LogP contribution is -2.46. The molecule has 2 saturated heterocycles. The van der Waals surface area contributed by atoms with Crippen LogP contribution in [0.3, 0.4) is 0 Å². The highest BCUT2D eigenvalue weighted by Gasteiger charge is 2.36. The number of methoxy groups -OCH3 is 2. The van der Waals surface area contributed by atoms with E-state index in [1.807, 2.05) is 30.3 Å². The molecule has 4 amide bonds. The Bertz CT molecular complexity index is 1910. The number of aromatic nitrogens is 4. The van der Waals surface area contributed by atoms with Gasteiger partial charge in [0.25, 0.3) is 0 Å². The molecule has 0 saturated carbocycles. The van der Waals surface area contributed by atoms with E-state index in [1.165, 1.54) is 20.3 Å². The van der Waals surface area contributed by atoms with E-state index in [2.05, 4.69) is 40.0 Å². The highest BCUT2D eigenvalue weighted by molar-refractivity contribution is 5.86. The number of rotatable bonds is 9. The fourth-order valence-corrected chi connectivity index (χ4v) is 6.77. The first-order chi connectivity index (χ1) is 24.6. The summed E-state index contributed by atoms with van der Waals surface area (Å²) in [5, 5.41) is 5.04. The number of hydrogen-bond acceptors (Lipinski definition) is 8. The number of ether oxygens (including phenoxy) is 2. The van der Waals surface area contributed by atoms with E-state index in [4.69, 9.17) is 0 Å². The number of likely N-dealkylation sites (tertiary alicyclic amines) is 2. The Kier molecular flexibility index (Phi) is 10.3. The Morgan fingerprint density at radius 3 is 1.73 bits per heavy atom. The van der Waals surface area contributed by atoms with Crippen LogP contribution < -0.4 is 10.6 Å². The number of carbonyl (C=O) groups excluding carboxylic acids is 4. The molecule has 4 atom stereocenters. The topological polar surface area (TPSA) is 175 Å². The van der Waals surface area contributed by atoms with Crippen LogP contribution in [0.15, 0.2) is 54.9 Å². The molecule has 2 aliphatic heterocycles. The summed E-state index contributed by atoms with van der Waals surface area (Å²) in [5.41, 5.74) is 4.03. The highest BCUT2D eigenvalue weighted by atomic mass is 19.1. The van der Waals surface area contributed by atoms with Gasteiger partial charge in [-0.25, -0.2) is 23.9 Å². The maximum absolute atomic E-state index is 15.6. The van der Waals surface area contributed by atoms with Crippen LogP contribution in [0.5, 0.6) is 0 Å². The van der Waals surface area contributed by atoms with Crippen molar-refractivity contribution in [3.05, 3.63) is 72.3 Å². The average molecular weight is 701 g/mol. The van der Waals surface area contributed by atoms with Gasteiger partial charge in [-0.2, -0.15) is 0 Å². The number of halogens is 1. The number of nitrogens with one attached hydrogen (secondary N) is 4. The van der Waals surface area contributed by atoms with Crippen molar-refractivity contribution in [2.24, 2.45) is 0 Å². The zero-order valence-electron chi connectivity index (χ0n) is 28.9. The molecule has 4 N–H and O–H groups in total.